The van der Waals surface area contributed by atoms with Crippen molar-refractivity contribution in [3.05, 3.63) is 0 Å². The van der Waals surface area contributed by atoms with Crippen LogP contribution in [-0.4, -0.2) is 75.9 Å². The number of piperidine rings is 1. The Morgan fingerprint density at radius 2 is 1.59 bits per heavy atom. The Hall–Kier alpha value is -0.200. The first kappa shape index (κ1) is 14.9. The second kappa shape index (κ2) is 9.79. The molecule has 0 radical (unpaired) electrons. The van der Waals surface area contributed by atoms with Gasteiger partial charge in [-0.3, -0.25) is 0 Å². The van der Waals surface area contributed by atoms with Crippen LogP contribution in [0.25, 0.3) is 0 Å². The highest BCUT2D eigenvalue weighted by atomic mass is 16.5. The first-order chi connectivity index (χ1) is 8.33. The molecule has 1 aliphatic rings. The molecule has 0 aromatic rings. The lowest BCUT2D eigenvalue weighted by atomic mass is 10.1. The number of aliphatic hydroxyl groups is 1. The maximum absolute atomic E-state index is 9.35. The number of likely N-dealkylation sites (tertiary alicyclic amines) is 1. The van der Waals surface area contributed by atoms with E-state index in [4.69, 9.17) is 14.2 Å². The van der Waals surface area contributed by atoms with Crippen LogP contribution in [-0.2, 0) is 14.2 Å². The summed E-state index contributed by atoms with van der Waals surface area (Å²) in [5.74, 6) is 0. The highest BCUT2D eigenvalue weighted by molar-refractivity contribution is 4.70. The van der Waals surface area contributed by atoms with Crippen molar-refractivity contribution in [2.75, 3.05) is 59.8 Å². The number of ether oxygens (including phenoxy) is 3. The molecular formula is C12H25NO4. The highest BCUT2D eigenvalue weighted by Gasteiger charge is 2.15. The molecule has 1 fully saturated rings. The van der Waals surface area contributed by atoms with Crippen molar-refractivity contribution in [2.24, 2.45) is 0 Å². The molecule has 0 aromatic heterocycles. The van der Waals surface area contributed by atoms with Crippen molar-refractivity contribution in [2.45, 2.75) is 18.9 Å². The molecule has 0 saturated carbocycles. The molecule has 1 rings (SSSR count). The topological polar surface area (TPSA) is 51.2 Å². The summed E-state index contributed by atoms with van der Waals surface area (Å²) < 4.78 is 15.6. The van der Waals surface area contributed by atoms with E-state index in [9.17, 15) is 5.11 Å². The highest BCUT2D eigenvalue weighted by Crippen LogP contribution is 2.08. The predicted molar refractivity (Wildman–Crippen MR) is 65.2 cm³/mol. The molecule has 0 atom stereocenters. The van der Waals surface area contributed by atoms with Crippen LogP contribution in [0.15, 0.2) is 0 Å². The van der Waals surface area contributed by atoms with Gasteiger partial charge in [0.1, 0.15) is 0 Å². The zero-order valence-electron chi connectivity index (χ0n) is 10.8. The molecule has 0 spiro atoms. The molecule has 1 aliphatic heterocycles. The minimum Gasteiger partial charge on any atom is -0.393 e. The molecule has 0 aromatic carbocycles. The summed E-state index contributed by atoms with van der Waals surface area (Å²) in [6.45, 7) is 6.18. The van der Waals surface area contributed by atoms with Crippen LogP contribution in [0.1, 0.15) is 12.8 Å². The predicted octanol–water partition coefficient (Wildman–Crippen LogP) is 0.123. The summed E-state index contributed by atoms with van der Waals surface area (Å²) in [5.41, 5.74) is 0. The van der Waals surface area contributed by atoms with Crippen LogP contribution >= 0.6 is 0 Å². The first-order valence-corrected chi connectivity index (χ1v) is 6.38. The second-order valence-electron chi connectivity index (χ2n) is 4.29. The smallest absolute Gasteiger partial charge is 0.0701 e. The molecule has 1 N–H and O–H groups in total. The van der Waals surface area contributed by atoms with Crippen molar-refractivity contribution in [3.63, 3.8) is 0 Å². The number of nitrogens with zero attached hydrogens (tertiary/aromatic N) is 1. The van der Waals surface area contributed by atoms with E-state index in [-0.39, 0.29) is 6.10 Å². The average Bonchev–Trinajstić information content (AvgIpc) is 2.35. The molecule has 17 heavy (non-hydrogen) atoms. The third kappa shape index (κ3) is 7.68. The average molecular weight is 247 g/mol. The Morgan fingerprint density at radius 3 is 2.24 bits per heavy atom. The molecule has 0 aliphatic carbocycles. The Kier molecular flexibility index (Phi) is 8.56. The second-order valence-corrected chi connectivity index (χ2v) is 4.29. The monoisotopic (exact) mass is 247 g/mol. The quantitative estimate of drug-likeness (QED) is 0.587. The number of hydrogen-bond donors (Lipinski definition) is 1. The molecule has 5 nitrogen and oxygen atoms in total. The van der Waals surface area contributed by atoms with E-state index in [1.807, 2.05) is 0 Å². The summed E-state index contributed by atoms with van der Waals surface area (Å²) in [7, 11) is 1.66. The standard InChI is InChI=1S/C12H25NO4/c1-15-8-9-17-11-10-16-7-6-13-4-2-12(14)3-5-13/h12,14H,2-11H2,1H3. The normalized spacial score (nSPS) is 18.7. The molecule has 0 amide bonds. The molecule has 1 saturated heterocycles. The Bertz CT molecular complexity index is 172. The molecule has 0 unspecified atom stereocenters. The van der Waals surface area contributed by atoms with Crippen molar-refractivity contribution in [3.8, 4) is 0 Å². The van der Waals surface area contributed by atoms with Crippen molar-refractivity contribution in [1.29, 1.82) is 0 Å². The zero-order chi connectivity index (χ0) is 12.3. The Labute approximate surface area is 104 Å². The van der Waals surface area contributed by atoms with Gasteiger partial charge in [0.2, 0.25) is 0 Å². The van der Waals surface area contributed by atoms with Crippen LogP contribution in [0.5, 0.6) is 0 Å². The van der Waals surface area contributed by atoms with Crippen LogP contribution in [0.3, 0.4) is 0 Å². The van der Waals surface area contributed by atoms with Gasteiger partial charge in [0, 0.05) is 26.7 Å². The summed E-state index contributed by atoms with van der Waals surface area (Å²) >= 11 is 0. The molecule has 1 heterocycles. The minimum atomic E-state index is -0.0960. The molecule has 0 bridgehead atoms. The van der Waals surface area contributed by atoms with Gasteiger partial charge in [-0.05, 0) is 12.8 Å². The minimum absolute atomic E-state index is 0.0960. The van der Waals surface area contributed by atoms with Gasteiger partial charge in [0.15, 0.2) is 0 Å². The van der Waals surface area contributed by atoms with Crippen LogP contribution in [0.4, 0.5) is 0 Å². The van der Waals surface area contributed by atoms with Gasteiger partial charge >= 0.3 is 0 Å². The van der Waals surface area contributed by atoms with Crippen LogP contribution in [0, 0.1) is 0 Å². The van der Waals surface area contributed by atoms with Crippen molar-refractivity contribution >= 4 is 0 Å². The Morgan fingerprint density at radius 1 is 1.00 bits per heavy atom. The van der Waals surface area contributed by atoms with E-state index >= 15 is 0 Å². The maximum Gasteiger partial charge on any atom is 0.0701 e. The number of hydrogen-bond acceptors (Lipinski definition) is 5. The maximum atomic E-state index is 9.35. The van der Waals surface area contributed by atoms with Gasteiger partial charge in [-0.25, -0.2) is 0 Å². The summed E-state index contributed by atoms with van der Waals surface area (Å²) in [5, 5.41) is 9.35. The van der Waals surface area contributed by atoms with E-state index in [0.29, 0.717) is 26.4 Å². The molecule has 102 valence electrons. The lowest BCUT2D eigenvalue weighted by molar-refractivity contribution is 0.0135. The number of methoxy groups -OCH3 is 1. The van der Waals surface area contributed by atoms with E-state index in [1.165, 1.54) is 0 Å². The third-order valence-corrected chi connectivity index (χ3v) is 2.91. The lowest BCUT2D eigenvalue weighted by Crippen LogP contribution is -2.37. The fourth-order valence-corrected chi connectivity index (χ4v) is 1.80. The van der Waals surface area contributed by atoms with E-state index < -0.39 is 0 Å². The van der Waals surface area contributed by atoms with Gasteiger partial charge in [0.05, 0.1) is 39.1 Å². The van der Waals surface area contributed by atoms with Crippen molar-refractivity contribution in [1.82, 2.24) is 4.90 Å². The first-order valence-electron chi connectivity index (χ1n) is 6.38. The summed E-state index contributed by atoms with van der Waals surface area (Å²) in [6.07, 6.45) is 1.68. The van der Waals surface area contributed by atoms with Gasteiger partial charge in [-0.2, -0.15) is 0 Å². The third-order valence-electron chi connectivity index (χ3n) is 2.91. The molecular weight excluding hydrogens is 222 g/mol. The number of rotatable bonds is 9. The fraction of sp³-hybridized carbons (Fsp3) is 1.00. The SMILES string of the molecule is COCCOCCOCCN1CCC(O)CC1. The Balaban J connectivity index is 1.81. The largest absolute Gasteiger partial charge is 0.393 e. The number of aliphatic hydroxyl groups excluding tert-OH is 1. The van der Waals surface area contributed by atoms with Gasteiger partial charge < -0.3 is 24.2 Å². The van der Waals surface area contributed by atoms with Crippen molar-refractivity contribution < 1.29 is 19.3 Å². The van der Waals surface area contributed by atoms with E-state index in [0.717, 1.165) is 39.1 Å². The zero-order valence-corrected chi connectivity index (χ0v) is 10.8. The van der Waals surface area contributed by atoms with Crippen LogP contribution in [0.2, 0.25) is 0 Å². The molecule has 5 heteroatoms. The summed E-state index contributed by atoms with van der Waals surface area (Å²) in [4.78, 5) is 2.33. The van der Waals surface area contributed by atoms with Gasteiger partial charge in [-0.15, -0.1) is 0 Å². The lowest BCUT2D eigenvalue weighted by Gasteiger charge is -2.29. The van der Waals surface area contributed by atoms with Gasteiger partial charge in [-0.1, -0.05) is 0 Å². The van der Waals surface area contributed by atoms with Gasteiger partial charge in [0.25, 0.3) is 0 Å². The van der Waals surface area contributed by atoms with Crippen LogP contribution < -0.4 is 0 Å². The van der Waals surface area contributed by atoms with E-state index in [2.05, 4.69) is 4.90 Å². The van der Waals surface area contributed by atoms with E-state index in [1.54, 1.807) is 7.11 Å². The summed E-state index contributed by atoms with van der Waals surface area (Å²) in [6, 6.07) is 0. The fourth-order valence-electron chi connectivity index (χ4n) is 1.80.